The summed E-state index contributed by atoms with van der Waals surface area (Å²) in [4.78, 5) is 10.5. The van der Waals surface area contributed by atoms with Gasteiger partial charge in [-0.15, -0.1) is 0 Å². The van der Waals surface area contributed by atoms with Crippen LogP contribution in [0.5, 0.6) is 0 Å². The fraction of sp³-hybridized carbons (Fsp3) is 0.0612. The molecule has 0 spiro atoms. The fourth-order valence-electron chi connectivity index (χ4n) is 8.26. The van der Waals surface area contributed by atoms with Gasteiger partial charge in [0, 0.05) is 38.6 Å². The molecule has 0 unspecified atom stereocenters. The molecule has 0 amide bonds. The second-order valence-corrected chi connectivity index (χ2v) is 14.2. The van der Waals surface area contributed by atoms with Crippen molar-refractivity contribution in [1.82, 2.24) is 14.5 Å². The van der Waals surface area contributed by atoms with Gasteiger partial charge >= 0.3 is 0 Å². The Balaban J connectivity index is 1.23. The molecule has 0 radical (unpaired) electrons. The van der Waals surface area contributed by atoms with Crippen molar-refractivity contribution in [2.45, 2.75) is 19.3 Å². The number of hydrogen-bond donors (Lipinski definition) is 0. The van der Waals surface area contributed by atoms with E-state index in [2.05, 4.69) is 182 Å². The van der Waals surface area contributed by atoms with Crippen LogP contribution >= 0.6 is 0 Å². The highest BCUT2D eigenvalue weighted by atomic mass is 15.0. The highest BCUT2D eigenvalue weighted by Gasteiger charge is 2.35. The summed E-state index contributed by atoms with van der Waals surface area (Å²) in [7, 11) is 0. The second kappa shape index (κ2) is 11.8. The van der Waals surface area contributed by atoms with Gasteiger partial charge in [0.15, 0.2) is 5.82 Å². The molecule has 0 saturated carbocycles. The van der Waals surface area contributed by atoms with Crippen molar-refractivity contribution in [1.29, 1.82) is 0 Å². The van der Waals surface area contributed by atoms with E-state index < -0.39 is 0 Å². The van der Waals surface area contributed by atoms with Gasteiger partial charge < -0.3 is 4.57 Å². The van der Waals surface area contributed by atoms with E-state index >= 15 is 0 Å². The first-order valence-corrected chi connectivity index (χ1v) is 17.9. The molecule has 0 saturated heterocycles. The van der Waals surface area contributed by atoms with E-state index in [0.29, 0.717) is 5.82 Å². The van der Waals surface area contributed by atoms with E-state index in [4.69, 9.17) is 9.97 Å². The topological polar surface area (TPSA) is 30.7 Å². The zero-order chi connectivity index (χ0) is 34.8. The lowest BCUT2D eigenvalue weighted by atomic mass is 9.81. The molecular formula is C49H35N3. The van der Waals surface area contributed by atoms with Crippen molar-refractivity contribution in [3.8, 4) is 61.8 Å². The molecular weight excluding hydrogens is 631 g/mol. The molecule has 1 aliphatic carbocycles. The maximum absolute atomic E-state index is 5.27. The van der Waals surface area contributed by atoms with Crippen molar-refractivity contribution in [3.05, 3.63) is 187 Å². The summed E-state index contributed by atoms with van der Waals surface area (Å²) < 4.78 is 2.37. The molecule has 0 N–H and O–H groups in total. The number of benzene rings is 7. The predicted molar refractivity (Wildman–Crippen MR) is 216 cm³/mol. The first-order valence-electron chi connectivity index (χ1n) is 17.9. The Bertz CT molecular complexity index is 2740. The summed E-state index contributed by atoms with van der Waals surface area (Å²) in [5.74, 6) is 0.709. The molecule has 52 heavy (non-hydrogen) atoms. The average Bonchev–Trinajstić information content (AvgIpc) is 3.66. The minimum atomic E-state index is -0.0693. The molecule has 2 heterocycles. The Morgan fingerprint density at radius 2 is 1.00 bits per heavy atom. The van der Waals surface area contributed by atoms with Gasteiger partial charge in [0.1, 0.15) is 0 Å². The van der Waals surface area contributed by atoms with Crippen LogP contribution in [0, 0.1) is 0 Å². The van der Waals surface area contributed by atoms with Crippen molar-refractivity contribution >= 4 is 21.8 Å². The summed E-state index contributed by atoms with van der Waals surface area (Å²) in [5.41, 5.74) is 16.1. The quantitative estimate of drug-likeness (QED) is 0.183. The molecule has 3 nitrogen and oxygen atoms in total. The number of hydrogen-bond acceptors (Lipinski definition) is 2. The van der Waals surface area contributed by atoms with Crippen molar-refractivity contribution in [2.75, 3.05) is 0 Å². The van der Waals surface area contributed by atoms with E-state index in [1.165, 1.54) is 38.8 Å². The van der Waals surface area contributed by atoms with Gasteiger partial charge in [-0.1, -0.05) is 147 Å². The molecule has 0 bridgehead atoms. The summed E-state index contributed by atoms with van der Waals surface area (Å²) in [5, 5.41) is 2.31. The van der Waals surface area contributed by atoms with E-state index in [0.717, 1.165) is 50.2 Å². The first-order chi connectivity index (χ1) is 25.5. The average molecular weight is 666 g/mol. The number of fused-ring (bicyclic) bond motifs is 6. The van der Waals surface area contributed by atoms with Crippen molar-refractivity contribution in [2.24, 2.45) is 0 Å². The van der Waals surface area contributed by atoms with Gasteiger partial charge in [-0.05, 0) is 75.8 Å². The Labute approximate surface area is 303 Å². The minimum absolute atomic E-state index is 0.0693. The second-order valence-electron chi connectivity index (χ2n) is 14.2. The molecule has 9 aromatic rings. The third-order valence-corrected chi connectivity index (χ3v) is 10.8. The number of para-hydroxylation sites is 1. The van der Waals surface area contributed by atoms with Crippen LogP contribution in [0.25, 0.3) is 83.6 Å². The summed E-state index contributed by atoms with van der Waals surface area (Å²) in [6.45, 7) is 4.69. The summed E-state index contributed by atoms with van der Waals surface area (Å²) >= 11 is 0. The zero-order valence-electron chi connectivity index (χ0n) is 29.1. The molecule has 10 rings (SSSR count). The van der Waals surface area contributed by atoms with E-state index in [1.54, 1.807) is 0 Å². The van der Waals surface area contributed by atoms with Crippen LogP contribution in [-0.4, -0.2) is 14.5 Å². The molecule has 3 heteroatoms. The van der Waals surface area contributed by atoms with E-state index in [9.17, 15) is 0 Å². The summed E-state index contributed by atoms with van der Waals surface area (Å²) in [6, 6.07) is 62.9. The lowest BCUT2D eigenvalue weighted by Gasteiger charge is -2.22. The lowest BCUT2D eigenvalue weighted by Crippen LogP contribution is -2.14. The molecule has 0 fully saturated rings. The van der Waals surface area contributed by atoms with Gasteiger partial charge in [0.25, 0.3) is 0 Å². The SMILES string of the molecule is CC1(C)c2ccccc2-c2ccc(-c3ccc4c(c3)c3c(-c5nc(-c6ccccc6)cc(-c6ccccc6)n5)cccc3n4-c3ccccc3)cc21. The molecule has 246 valence electrons. The molecule has 2 aromatic heterocycles. The fourth-order valence-corrected chi connectivity index (χ4v) is 8.26. The van der Waals surface area contributed by atoms with Gasteiger partial charge in [-0.25, -0.2) is 9.97 Å². The largest absolute Gasteiger partial charge is 0.309 e. The molecule has 0 atom stereocenters. The Morgan fingerprint density at radius 1 is 0.423 bits per heavy atom. The van der Waals surface area contributed by atoms with Crippen LogP contribution in [-0.2, 0) is 5.41 Å². The maximum atomic E-state index is 5.27. The third-order valence-electron chi connectivity index (χ3n) is 10.8. The highest BCUT2D eigenvalue weighted by molar-refractivity contribution is 6.16. The first kappa shape index (κ1) is 30.3. The standard InChI is InChI=1S/C49H35N3/c1-49(2)41-23-13-12-21-37(41)38-27-25-35(30-42(38)49)34-26-28-45-40(29-34)47-39(22-14-24-46(47)52(45)36-19-10-5-11-20-36)48-50-43(32-15-6-3-7-16-32)31-44(51-48)33-17-8-4-9-18-33/h3-31H,1-2H3. The number of nitrogens with zero attached hydrogens (tertiary/aromatic N) is 3. The van der Waals surface area contributed by atoms with E-state index in [1.807, 2.05) is 12.1 Å². The van der Waals surface area contributed by atoms with Crippen LogP contribution < -0.4 is 0 Å². The van der Waals surface area contributed by atoms with Crippen molar-refractivity contribution in [3.63, 3.8) is 0 Å². The normalized spacial score (nSPS) is 13.0. The maximum Gasteiger partial charge on any atom is 0.161 e. The van der Waals surface area contributed by atoms with Crippen LogP contribution in [0.3, 0.4) is 0 Å². The molecule has 7 aromatic carbocycles. The van der Waals surface area contributed by atoms with Crippen LogP contribution in [0.1, 0.15) is 25.0 Å². The van der Waals surface area contributed by atoms with Crippen LogP contribution in [0.15, 0.2) is 176 Å². The Morgan fingerprint density at radius 3 is 1.71 bits per heavy atom. The number of rotatable bonds is 5. The smallest absolute Gasteiger partial charge is 0.161 e. The van der Waals surface area contributed by atoms with E-state index in [-0.39, 0.29) is 5.41 Å². The summed E-state index contributed by atoms with van der Waals surface area (Å²) in [6.07, 6.45) is 0. The monoisotopic (exact) mass is 665 g/mol. The minimum Gasteiger partial charge on any atom is -0.309 e. The zero-order valence-corrected chi connectivity index (χ0v) is 29.1. The Kier molecular flexibility index (Phi) is 6.84. The number of aromatic nitrogens is 3. The lowest BCUT2D eigenvalue weighted by molar-refractivity contribution is 0.660. The van der Waals surface area contributed by atoms with Gasteiger partial charge in [-0.2, -0.15) is 0 Å². The van der Waals surface area contributed by atoms with Crippen LogP contribution in [0.4, 0.5) is 0 Å². The third kappa shape index (κ3) is 4.74. The molecule has 1 aliphatic rings. The predicted octanol–water partition coefficient (Wildman–Crippen LogP) is 12.5. The van der Waals surface area contributed by atoms with Gasteiger partial charge in [0.05, 0.1) is 22.4 Å². The van der Waals surface area contributed by atoms with Gasteiger partial charge in [-0.3, -0.25) is 0 Å². The molecule has 0 aliphatic heterocycles. The van der Waals surface area contributed by atoms with Crippen molar-refractivity contribution < 1.29 is 0 Å². The highest BCUT2D eigenvalue weighted by Crippen LogP contribution is 2.50. The van der Waals surface area contributed by atoms with Gasteiger partial charge in [0.2, 0.25) is 0 Å². The Hall–Kier alpha value is -6.58. The van der Waals surface area contributed by atoms with Crippen LogP contribution in [0.2, 0.25) is 0 Å².